The van der Waals surface area contributed by atoms with Crippen molar-refractivity contribution in [2.24, 2.45) is 11.7 Å². The van der Waals surface area contributed by atoms with Crippen LogP contribution in [0.5, 0.6) is 0 Å². The lowest BCUT2D eigenvalue weighted by molar-refractivity contribution is -0.114. The van der Waals surface area contributed by atoms with Gasteiger partial charge in [0.2, 0.25) is 5.91 Å². The topological polar surface area (TPSA) is 75.4 Å². The molecule has 4 N–H and O–H groups in total. The summed E-state index contributed by atoms with van der Waals surface area (Å²) in [4.78, 5) is 10.9. The van der Waals surface area contributed by atoms with Crippen LogP contribution < -0.4 is 11.1 Å². The van der Waals surface area contributed by atoms with E-state index in [9.17, 15) is 9.90 Å². The third-order valence-corrected chi connectivity index (χ3v) is 3.87. The normalized spacial score (nSPS) is 18.1. The van der Waals surface area contributed by atoms with Crippen LogP contribution in [-0.4, -0.2) is 17.1 Å². The lowest BCUT2D eigenvalue weighted by Gasteiger charge is -2.24. The van der Waals surface area contributed by atoms with Crippen LogP contribution in [0.15, 0.2) is 24.3 Å². The van der Waals surface area contributed by atoms with Crippen LogP contribution in [0.4, 0.5) is 5.69 Å². The summed E-state index contributed by atoms with van der Waals surface area (Å²) in [5, 5.41) is 13.0. The summed E-state index contributed by atoms with van der Waals surface area (Å²) in [7, 11) is 0. The zero-order chi connectivity index (χ0) is 13.8. The number of carbonyl (C=O) groups is 1. The first-order chi connectivity index (χ1) is 9.08. The highest BCUT2D eigenvalue weighted by atomic mass is 35.5. The smallest absolute Gasteiger partial charge is 0.221 e. The monoisotopic (exact) mass is 298 g/mol. The predicted octanol–water partition coefficient (Wildman–Crippen LogP) is 2.62. The number of halogens is 1. The first-order valence-electron chi connectivity index (χ1n) is 6.89. The Kier molecular flexibility index (Phi) is 6.46. The van der Waals surface area contributed by atoms with Gasteiger partial charge >= 0.3 is 0 Å². The van der Waals surface area contributed by atoms with Gasteiger partial charge < -0.3 is 16.2 Å². The number of hydrogen-bond donors (Lipinski definition) is 3. The number of nitrogens with two attached hydrogens (primary N) is 1. The van der Waals surface area contributed by atoms with Crippen molar-refractivity contribution in [2.75, 3.05) is 5.32 Å². The third-order valence-electron chi connectivity index (χ3n) is 3.87. The maximum absolute atomic E-state index is 10.9. The van der Waals surface area contributed by atoms with Crippen LogP contribution in [0.2, 0.25) is 0 Å². The predicted molar refractivity (Wildman–Crippen MR) is 82.9 cm³/mol. The van der Waals surface area contributed by atoms with Crippen molar-refractivity contribution in [2.45, 2.75) is 44.8 Å². The Bertz CT molecular complexity index is 430. The number of aliphatic hydroxyl groups is 1. The summed E-state index contributed by atoms with van der Waals surface area (Å²) in [6, 6.07) is 7.02. The molecule has 1 aliphatic carbocycles. The van der Waals surface area contributed by atoms with E-state index in [1.54, 1.807) is 0 Å². The summed E-state index contributed by atoms with van der Waals surface area (Å²) < 4.78 is 0. The molecule has 1 saturated carbocycles. The van der Waals surface area contributed by atoms with Crippen molar-refractivity contribution in [3.8, 4) is 0 Å². The minimum Gasteiger partial charge on any atom is -0.391 e. The molecule has 0 unspecified atom stereocenters. The average molecular weight is 299 g/mol. The van der Waals surface area contributed by atoms with E-state index >= 15 is 0 Å². The molecule has 1 amide bonds. The molecular formula is C15H23ClN2O2. The van der Waals surface area contributed by atoms with Crippen LogP contribution in [0.3, 0.4) is 0 Å². The molecule has 112 valence electrons. The lowest BCUT2D eigenvalue weighted by atomic mass is 9.91. The fourth-order valence-corrected chi connectivity index (χ4v) is 2.78. The third kappa shape index (κ3) is 4.20. The van der Waals surface area contributed by atoms with Gasteiger partial charge in [-0.3, -0.25) is 4.79 Å². The largest absolute Gasteiger partial charge is 0.391 e. The highest BCUT2D eigenvalue weighted by molar-refractivity contribution is 5.88. The Hall–Kier alpha value is -1.10. The van der Waals surface area contributed by atoms with E-state index in [-0.39, 0.29) is 24.4 Å². The summed E-state index contributed by atoms with van der Waals surface area (Å²) in [5.74, 6) is 0.230. The highest BCUT2D eigenvalue weighted by Crippen LogP contribution is 2.32. The summed E-state index contributed by atoms with van der Waals surface area (Å²) in [6.45, 7) is 1.48. The van der Waals surface area contributed by atoms with Gasteiger partial charge in [-0.05, 0) is 36.5 Å². The van der Waals surface area contributed by atoms with E-state index in [0.29, 0.717) is 5.92 Å². The molecule has 0 heterocycles. The zero-order valence-corrected chi connectivity index (χ0v) is 12.5. The SMILES string of the molecule is CC(=O)Nc1ccc([C@@H](N)[C@@H](O)C2CCCC2)cc1.Cl. The van der Waals surface area contributed by atoms with Crippen molar-refractivity contribution < 1.29 is 9.90 Å². The molecule has 1 fully saturated rings. The number of aliphatic hydroxyl groups excluding tert-OH is 1. The van der Waals surface area contributed by atoms with E-state index in [4.69, 9.17) is 5.73 Å². The second kappa shape index (κ2) is 7.62. The maximum atomic E-state index is 10.9. The van der Waals surface area contributed by atoms with Gasteiger partial charge in [0.25, 0.3) is 0 Å². The van der Waals surface area contributed by atoms with Crippen LogP contribution in [-0.2, 0) is 4.79 Å². The second-order valence-electron chi connectivity index (χ2n) is 5.36. The molecule has 0 radical (unpaired) electrons. The van der Waals surface area contributed by atoms with Gasteiger partial charge in [-0.2, -0.15) is 0 Å². The van der Waals surface area contributed by atoms with E-state index in [2.05, 4.69) is 5.32 Å². The van der Waals surface area contributed by atoms with E-state index in [0.717, 1.165) is 24.1 Å². The van der Waals surface area contributed by atoms with Crippen molar-refractivity contribution >= 4 is 24.0 Å². The van der Waals surface area contributed by atoms with Crippen LogP contribution in [0.25, 0.3) is 0 Å². The molecule has 1 aromatic carbocycles. The zero-order valence-electron chi connectivity index (χ0n) is 11.7. The Balaban J connectivity index is 0.00000200. The molecule has 1 aromatic rings. The summed E-state index contributed by atoms with van der Waals surface area (Å²) >= 11 is 0. The van der Waals surface area contributed by atoms with E-state index in [1.165, 1.54) is 19.8 Å². The first-order valence-corrected chi connectivity index (χ1v) is 6.89. The van der Waals surface area contributed by atoms with Crippen LogP contribution >= 0.6 is 12.4 Å². The van der Waals surface area contributed by atoms with E-state index < -0.39 is 6.10 Å². The Labute approximate surface area is 126 Å². The second-order valence-corrected chi connectivity index (χ2v) is 5.36. The number of nitrogens with one attached hydrogen (secondary N) is 1. The highest BCUT2D eigenvalue weighted by Gasteiger charge is 2.28. The first kappa shape index (κ1) is 17.0. The van der Waals surface area contributed by atoms with Gasteiger partial charge in [-0.15, -0.1) is 12.4 Å². The minimum absolute atomic E-state index is 0. The van der Waals surface area contributed by atoms with Gasteiger partial charge in [-0.25, -0.2) is 0 Å². The summed E-state index contributed by atoms with van der Waals surface area (Å²) in [6.07, 6.45) is 4.04. The van der Waals surface area contributed by atoms with Gasteiger partial charge in [0, 0.05) is 12.6 Å². The maximum Gasteiger partial charge on any atom is 0.221 e. The minimum atomic E-state index is -0.478. The molecule has 2 atom stereocenters. The Morgan fingerprint density at radius 1 is 1.30 bits per heavy atom. The fraction of sp³-hybridized carbons (Fsp3) is 0.533. The van der Waals surface area contributed by atoms with Crippen molar-refractivity contribution in [1.82, 2.24) is 0 Å². The molecule has 20 heavy (non-hydrogen) atoms. The number of hydrogen-bond acceptors (Lipinski definition) is 3. The molecule has 0 aromatic heterocycles. The number of benzene rings is 1. The Morgan fingerprint density at radius 2 is 1.85 bits per heavy atom. The fourth-order valence-electron chi connectivity index (χ4n) is 2.78. The van der Waals surface area contributed by atoms with Gasteiger partial charge in [0.1, 0.15) is 0 Å². The number of amides is 1. The van der Waals surface area contributed by atoms with Gasteiger partial charge in [0.15, 0.2) is 0 Å². The molecular weight excluding hydrogens is 276 g/mol. The van der Waals surface area contributed by atoms with Crippen LogP contribution in [0.1, 0.15) is 44.2 Å². The molecule has 0 aliphatic heterocycles. The summed E-state index contributed by atoms with van der Waals surface area (Å²) in [5.41, 5.74) is 7.79. The van der Waals surface area contributed by atoms with Crippen molar-refractivity contribution in [3.05, 3.63) is 29.8 Å². The van der Waals surface area contributed by atoms with Crippen molar-refractivity contribution in [1.29, 1.82) is 0 Å². The van der Waals surface area contributed by atoms with Crippen molar-refractivity contribution in [3.63, 3.8) is 0 Å². The quantitative estimate of drug-likeness (QED) is 0.800. The van der Waals surface area contributed by atoms with Crippen LogP contribution in [0, 0.1) is 5.92 Å². The molecule has 0 spiro atoms. The molecule has 4 nitrogen and oxygen atoms in total. The number of rotatable bonds is 4. The molecule has 0 bridgehead atoms. The number of carbonyl (C=O) groups excluding carboxylic acids is 1. The van der Waals surface area contributed by atoms with Gasteiger partial charge in [-0.1, -0.05) is 25.0 Å². The molecule has 0 saturated heterocycles. The molecule has 5 heteroatoms. The molecule has 2 rings (SSSR count). The Morgan fingerprint density at radius 3 is 2.35 bits per heavy atom. The average Bonchev–Trinajstić information content (AvgIpc) is 2.91. The van der Waals surface area contributed by atoms with E-state index in [1.807, 2.05) is 24.3 Å². The standard InChI is InChI=1S/C15H22N2O2.ClH/c1-10(18)17-13-8-6-11(7-9-13)14(16)15(19)12-4-2-3-5-12;/h6-9,12,14-15,19H,2-5,16H2,1H3,(H,17,18);1H/t14-,15+;/m1./s1. The van der Waals surface area contributed by atoms with Gasteiger partial charge in [0.05, 0.1) is 12.1 Å². The molecule has 1 aliphatic rings. The lowest BCUT2D eigenvalue weighted by Crippen LogP contribution is -2.31. The number of anilines is 1.